The Hall–Kier alpha value is -1.72. The fourth-order valence-corrected chi connectivity index (χ4v) is 2.71. The zero-order valence-corrected chi connectivity index (χ0v) is 13.2. The van der Waals surface area contributed by atoms with Crippen LogP contribution in [0.5, 0.6) is 0 Å². The Kier molecular flexibility index (Phi) is 4.75. The van der Waals surface area contributed by atoms with Crippen molar-refractivity contribution in [2.75, 3.05) is 23.9 Å². The van der Waals surface area contributed by atoms with Gasteiger partial charge in [0.25, 0.3) is 0 Å². The first-order valence-corrected chi connectivity index (χ1v) is 8.71. The van der Waals surface area contributed by atoms with Crippen LogP contribution in [0.1, 0.15) is 5.56 Å². The number of hydrogen-bond donors (Lipinski definition) is 2. The molecule has 0 unspecified atom stereocenters. The van der Waals surface area contributed by atoms with E-state index in [0.717, 1.165) is 18.4 Å². The smallest absolute Gasteiger partial charge is 0.175 e. The van der Waals surface area contributed by atoms with E-state index >= 15 is 0 Å². The van der Waals surface area contributed by atoms with Gasteiger partial charge in [0.2, 0.25) is 0 Å². The van der Waals surface area contributed by atoms with Gasteiger partial charge in [-0.3, -0.25) is 0 Å². The van der Waals surface area contributed by atoms with Crippen LogP contribution in [0.25, 0.3) is 0 Å². The normalized spacial score (nSPS) is 11.3. The Bertz CT molecular complexity index is 728. The Labute approximate surface area is 129 Å². The number of hydrogen-bond acceptors (Lipinski definition) is 4. The first-order valence-electron chi connectivity index (χ1n) is 6.44. The van der Waals surface area contributed by atoms with E-state index < -0.39 is 9.84 Å². The second-order valence-electron chi connectivity index (χ2n) is 4.82. The molecule has 0 saturated carbocycles. The molecule has 0 aliphatic rings. The lowest BCUT2D eigenvalue weighted by Gasteiger charge is -2.10. The topological polar surface area (TPSA) is 72.2 Å². The summed E-state index contributed by atoms with van der Waals surface area (Å²) in [5.41, 5.74) is 8.20. The van der Waals surface area contributed by atoms with Crippen LogP contribution in [0, 0.1) is 0 Å². The van der Waals surface area contributed by atoms with Crippen molar-refractivity contribution < 1.29 is 8.42 Å². The fourth-order valence-electron chi connectivity index (χ4n) is 1.93. The van der Waals surface area contributed by atoms with Crippen molar-refractivity contribution in [3.63, 3.8) is 0 Å². The highest BCUT2D eigenvalue weighted by molar-refractivity contribution is 7.90. The summed E-state index contributed by atoms with van der Waals surface area (Å²) in [5.74, 6) is 0. The summed E-state index contributed by atoms with van der Waals surface area (Å²) in [4.78, 5) is 0.225. The minimum Gasteiger partial charge on any atom is -0.397 e. The predicted molar refractivity (Wildman–Crippen MR) is 87.6 cm³/mol. The molecule has 0 spiro atoms. The SMILES string of the molecule is CS(=O)(=O)c1ccc(NCCc2ccc(Cl)cc2)c(N)c1. The minimum atomic E-state index is -3.23. The van der Waals surface area contributed by atoms with E-state index in [9.17, 15) is 8.42 Å². The molecular weight excluding hydrogens is 308 g/mol. The Balaban J connectivity index is 1.99. The first kappa shape index (κ1) is 15.7. The zero-order chi connectivity index (χ0) is 15.5. The number of benzene rings is 2. The highest BCUT2D eigenvalue weighted by Gasteiger charge is 2.09. The van der Waals surface area contributed by atoms with E-state index in [1.807, 2.05) is 24.3 Å². The molecule has 0 saturated heterocycles. The van der Waals surface area contributed by atoms with Gasteiger partial charge in [0, 0.05) is 17.8 Å². The third-order valence-electron chi connectivity index (χ3n) is 3.09. The van der Waals surface area contributed by atoms with Gasteiger partial charge in [0.15, 0.2) is 9.84 Å². The lowest BCUT2D eigenvalue weighted by Crippen LogP contribution is -2.08. The minimum absolute atomic E-state index is 0.225. The van der Waals surface area contributed by atoms with Crippen LogP contribution in [0.2, 0.25) is 5.02 Å². The number of sulfone groups is 1. The van der Waals surface area contributed by atoms with Crippen LogP contribution < -0.4 is 11.1 Å². The van der Waals surface area contributed by atoms with E-state index in [2.05, 4.69) is 5.32 Å². The van der Waals surface area contributed by atoms with Crippen molar-refractivity contribution in [2.45, 2.75) is 11.3 Å². The second-order valence-corrected chi connectivity index (χ2v) is 7.28. The zero-order valence-electron chi connectivity index (χ0n) is 11.6. The van der Waals surface area contributed by atoms with Crippen molar-refractivity contribution in [1.29, 1.82) is 0 Å². The van der Waals surface area contributed by atoms with E-state index in [1.165, 1.54) is 11.6 Å². The van der Waals surface area contributed by atoms with Crippen molar-refractivity contribution >= 4 is 32.8 Å². The number of anilines is 2. The standard InChI is InChI=1S/C15H17ClN2O2S/c1-21(19,20)13-6-7-15(14(17)10-13)18-9-8-11-2-4-12(16)5-3-11/h2-7,10,18H,8-9,17H2,1H3. The maximum Gasteiger partial charge on any atom is 0.175 e. The number of rotatable bonds is 5. The molecule has 3 N–H and O–H groups in total. The Morgan fingerprint density at radius 2 is 1.81 bits per heavy atom. The molecule has 0 fully saturated rings. The maximum atomic E-state index is 11.4. The van der Waals surface area contributed by atoms with Gasteiger partial charge < -0.3 is 11.1 Å². The van der Waals surface area contributed by atoms with Gasteiger partial charge in [-0.25, -0.2) is 8.42 Å². The summed E-state index contributed by atoms with van der Waals surface area (Å²) in [6.45, 7) is 0.698. The second kappa shape index (κ2) is 6.37. The number of halogens is 1. The van der Waals surface area contributed by atoms with Crippen LogP contribution >= 0.6 is 11.6 Å². The van der Waals surface area contributed by atoms with Gasteiger partial charge in [-0.05, 0) is 42.3 Å². The number of nitrogens with one attached hydrogen (secondary N) is 1. The van der Waals surface area contributed by atoms with Crippen molar-refractivity contribution in [2.24, 2.45) is 0 Å². The summed E-state index contributed by atoms with van der Waals surface area (Å²) >= 11 is 5.83. The first-order chi connectivity index (χ1) is 9.86. The molecule has 0 aliphatic heterocycles. The summed E-state index contributed by atoms with van der Waals surface area (Å²) in [6.07, 6.45) is 1.99. The van der Waals surface area contributed by atoms with Crippen LogP contribution in [0.15, 0.2) is 47.4 Å². The molecule has 0 amide bonds. The van der Waals surface area contributed by atoms with Crippen molar-refractivity contribution in [3.05, 3.63) is 53.1 Å². The van der Waals surface area contributed by atoms with Gasteiger partial charge >= 0.3 is 0 Å². The molecule has 6 heteroatoms. The quantitative estimate of drug-likeness (QED) is 0.829. The molecule has 2 rings (SSSR count). The van der Waals surface area contributed by atoms with Gasteiger partial charge in [-0.2, -0.15) is 0 Å². The lowest BCUT2D eigenvalue weighted by atomic mass is 10.1. The molecule has 0 aromatic heterocycles. The number of nitrogens with two attached hydrogens (primary N) is 1. The Morgan fingerprint density at radius 3 is 2.38 bits per heavy atom. The molecule has 112 valence electrons. The molecule has 2 aromatic carbocycles. The largest absolute Gasteiger partial charge is 0.397 e. The molecule has 0 atom stereocenters. The highest BCUT2D eigenvalue weighted by atomic mass is 35.5. The maximum absolute atomic E-state index is 11.4. The average molecular weight is 325 g/mol. The molecular formula is C15H17ClN2O2S. The Morgan fingerprint density at radius 1 is 1.14 bits per heavy atom. The summed E-state index contributed by atoms with van der Waals surface area (Å²) in [5, 5.41) is 3.92. The van der Waals surface area contributed by atoms with E-state index in [-0.39, 0.29) is 4.90 Å². The molecule has 2 aromatic rings. The van der Waals surface area contributed by atoms with E-state index in [1.54, 1.807) is 12.1 Å². The van der Waals surface area contributed by atoms with E-state index in [4.69, 9.17) is 17.3 Å². The van der Waals surface area contributed by atoms with Crippen LogP contribution in [0.3, 0.4) is 0 Å². The van der Waals surface area contributed by atoms with E-state index in [0.29, 0.717) is 17.3 Å². The van der Waals surface area contributed by atoms with Crippen molar-refractivity contribution in [3.8, 4) is 0 Å². The predicted octanol–water partition coefficient (Wildman–Crippen LogP) is 2.98. The lowest BCUT2D eigenvalue weighted by molar-refractivity contribution is 0.602. The van der Waals surface area contributed by atoms with Crippen molar-refractivity contribution in [1.82, 2.24) is 0 Å². The average Bonchev–Trinajstić information content (AvgIpc) is 2.41. The molecule has 0 heterocycles. The number of nitrogen functional groups attached to an aromatic ring is 1. The summed E-state index contributed by atoms with van der Waals surface area (Å²) < 4.78 is 22.9. The molecule has 0 aliphatic carbocycles. The van der Waals surface area contributed by atoms with Crippen LogP contribution in [0.4, 0.5) is 11.4 Å². The van der Waals surface area contributed by atoms with Crippen LogP contribution in [-0.4, -0.2) is 21.2 Å². The third-order valence-corrected chi connectivity index (χ3v) is 4.46. The fraction of sp³-hybridized carbons (Fsp3) is 0.200. The molecule has 0 bridgehead atoms. The summed E-state index contributed by atoms with van der Waals surface area (Å²) in [6, 6.07) is 12.4. The molecule has 0 radical (unpaired) electrons. The summed E-state index contributed by atoms with van der Waals surface area (Å²) in [7, 11) is -3.23. The van der Waals surface area contributed by atoms with Gasteiger partial charge in [0.05, 0.1) is 16.3 Å². The highest BCUT2D eigenvalue weighted by Crippen LogP contribution is 2.22. The molecule has 4 nitrogen and oxygen atoms in total. The monoisotopic (exact) mass is 324 g/mol. The van der Waals surface area contributed by atoms with Gasteiger partial charge in [-0.15, -0.1) is 0 Å². The van der Waals surface area contributed by atoms with Crippen LogP contribution in [-0.2, 0) is 16.3 Å². The van der Waals surface area contributed by atoms with Gasteiger partial charge in [0.1, 0.15) is 0 Å². The van der Waals surface area contributed by atoms with Gasteiger partial charge in [-0.1, -0.05) is 23.7 Å². The third kappa shape index (κ3) is 4.37. The molecule has 21 heavy (non-hydrogen) atoms.